The van der Waals surface area contributed by atoms with Gasteiger partial charge in [0.05, 0.1) is 57.8 Å². The highest BCUT2D eigenvalue weighted by molar-refractivity contribution is 6.32. The molecule has 12 nitrogen and oxygen atoms in total. The second-order valence-corrected chi connectivity index (χ2v) is 9.17. The average molecular weight is 559 g/mol. The summed E-state index contributed by atoms with van der Waals surface area (Å²) in [5.41, 5.74) is 3.69. The average Bonchev–Trinajstić information content (AvgIpc) is 2.95. The number of pyridine rings is 1. The first kappa shape index (κ1) is 30.4. The predicted molar refractivity (Wildman–Crippen MR) is 143 cm³/mol. The number of nitrogens with zero attached hydrogens (tertiary/aromatic N) is 2. The SMILES string of the molecule is CCOc1cc2c(cc1OC)C(c1ccc(OC)nc1OC)=N[C@@H]1CC[C@@H](O)C[C@H]21.O=C(O)CCC(=O)C(=O)O. The van der Waals surface area contributed by atoms with Gasteiger partial charge in [0, 0.05) is 24.0 Å². The number of Topliss-reactive ketones (excluding diaryl/α,β-unsaturated/α-hetero) is 1. The molecule has 2 heterocycles. The van der Waals surface area contributed by atoms with Crippen LogP contribution in [0.4, 0.5) is 0 Å². The minimum Gasteiger partial charge on any atom is -0.493 e. The van der Waals surface area contributed by atoms with E-state index in [1.165, 1.54) is 0 Å². The summed E-state index contributed by atoms with van der Waals surface area (Å²) >= 11 is 0. The van der Waals surface area contributed by atoms with Crippen molar-refractivity contribution in [1.82, 2.24) is 4.98 Å². The highest BCUT2D eigenvalue weighted by Crippen LogP contribution is 2.45. The van der Waals surface area contributed by atoms with Crippen molar-refractivity contribution in [1.29, 1.82) is 0 Å². The van der Waals surface area contributed by atoms with Gasteiger partial charge in [-0.3, -0.25) is 14.6 Å². The summed E-state index contributed by atoms with van der Waals surface area (Å²) in [6.07, 6.45) is 1.09. The highest BCUT2D eigenvalue weighted by Gasteiger charge is 2.38. The highest BCUT2D eigenvalue weighted by atomic mass is 16.5. The number of hydrogen-bond acceptors (Lipinski definition) is 10. The van der Waals surface area contributed by atoms with Crippen LogP contribution in [0.1, 0.15) is 61.6 Å². The largest absolute Gasteiger partial charge is 0.493 e. The van der Waals surface area contributed by atoms with Crippen LogP contribution in [0.2, 0.25) is 0 Å². The first-order valence-electron chi connectivity index (χ1n) is 12.8. The number of aliphatic imine (C=N–C) groups is 1. The van der Waals surface area contributed by atoms with Crippen molar-refractivity contribution in [3.05, 3.63) is 41.0 Å². The molecule has 216 valence electrons. The molecule has 0 amide bonds. The van der Waals surface area contributed by atoms with E-state index >= 15 is 0 Å². The number of ketones is 1. The predicted octanol–water partition coefficient (Wildman–Crippen LogP) is 2.86. The number of rotatable bonds is 10. The molecule has 0 unspecified atom stereocenters. The molecular weight excluding hydrogens is 524 g/mol. The van der Waals surface area contributed by atoms with Gasteiger partial charge in [0.25, 0.3) is 0 Å². The smallest absolute Gasteiger partial charge is 0.372 e. The zero-order valence-corrected chi connectivity index (χ0v) is 22.9. The molecule has 3 atom stereocenters. The van der Waals surface area contributed by atoms with Crippen LogP contribution in [-0.2, 0) is 14.4 Å². The summed E-state index contributed by atoms with van der Waals surface area (Å²) in [4.78, 5) is 39.3. The Morgan fingerprint density at radius 1 is 0.950 bits per heavy atom. The normalized spacial score (nSPS) is 19.0. The fraction of sp³-hybridized carbons (Fsp3) is 0.464. The molecule has 1 aliphatic heterocycles. The molecule has 40 heavy (non-hydrogen) atoms. The number of aliphatic hydroxyl groups excluding tert-OH is 1. The van der Waals surface area contributed by atoms with Crippen LogP contribution in [0.5, 0.6) is 23.3 Å². The second kappa shape index (κ2) is 13.7. The van der Waals surface area contributed by atoms with Gasteiger partial charge < -0.3 is 34.3 Å². The number of methoxy groups -OCH3 is 3. The van der Waals surface area contributed by atoms with Gasteiger partial charge in [0.2, 0.25) is 17.5 Å². The molecule has 0 bridgehead atoms. The molecule has 1 aromatic heterocycles. The minimum atomic E-state index is -1.58. The monoisotopic (exact) mass is 558 g/mol. The second-order valence-electron chi connectivity index (χ2n) is 9.17. The van der Waals surface area contributed by atoms with E-state index in [-0.39, 0.29) is 18.1 Å². The summed E-state index contributed by atoms with van der Waals surface area (Å²) in [7, 11) is 4.80. The van der Waals surface area contributed by atoms with E-state index < -0.39 is 30.6 Å². The quantitative estimate of drug-likeness (QED) is 0.366. The third kappa shape index (κ3) is 7.06. The first-order valence-corrected chi connectivity index (χ1v) is 12.8. The van der Waals surface area contributed by atoms with E-state index in [1.807, 2.05) is 31.2 Å². The van der Waals surface area contributed by atoms with Crippen molar-refractivity contribution < 1.29 is 48.7 Å². The van der Waals surface area contributed by atoms with Crippen LogP contribution in [-0.4, -0.2) is 83.8 Å². The first-order chi connectivity index (χ1) is 19.1. The fourth-order valence-corrected chi connectivity index (χ4v) is 4.79. The lowest BCUT2D eigenvalue weighted by atomic mass is 9.74. The molecule has 12 heteroatoms. The van der Waals surface area contributed by atoms with Gasteiger partial charge in [-0.05, 0) is 49.9 Å². The van der Waals surface area contributed by atoms with Crippen molar-refractivity contribution in [2.75, 3.05) is 27.9 Å². The van der Waals surface area contributed by atoms with Crippen LogP contribution in [0.15, 0.2) is 29.3 Å². The van der Waals surface area contributed by atoms with Crippen molar-refractivity contribution in [2.24, 2.45) is 4.99 Å². The lowest BCUT2D eigenvalue weighted by molar-refractivity contribution is -0.149. The van der Waals surface area contributed by atoms with Gasteiger partial charge in [-0.2, -0.15) is 4.98 Å². The molecule has 1 aromatic carbocycles. The van der Waals surface area contributed by atoms with E-state index in [0.29, 0.717) is 36.3 Å². The molecule has 0 spiro atoms. The number of fused-ring (bicyclic) bond motifs is 3. The summed E-state index contributed by atoms with van der Waals surface area (Å²) in [6.45, 7) is 2.50. The number of hydrogen-bond donors (Lipinski definition) is 3. The number of benzene rings is 1. The Hall–Kier alpha value is -4.19. The number of aliphatic carboxylic acids is 2. The van der Waals surface area contributed by atoms with E-state index in [9.17, 15) is 19.5 Å². The topological polar surface area (TPSA) is 174 Å². The Labute approximate surface area is 231 Å². The number of ether oxygens (including phenoxy) is 4. The third-order valence-corrected chi connectivity index (χ3v) is 6.67. The molecule has 1 saturated carbocycles. The van der Waals surface area contributed by atoms with Gasteiger partial charge in [-0.15, -0.1) is 0 Å². The van der Waals surface area contributed by atoms with Crippen LogP contribution in [0, 0.1) is 0 Å². The maximum Gasteiger partial charge on any atom is 0.372 e. The molecule has 0 radical (unpaired) electrons. The Bertz CT molecular complexity index is 1280. The van der Waals surface area contributed by atoms with Gasteiger partial charge >= 0.3 is 11.9 Å². The van der Waals surface area contributed by atoms with Gasteiger partial charge in [-0.1, -0.05) is 0 Å². The number of carbonyl (C=O) groups excluding carboxylic acids is 1. The number of carboxylic acids is 2. The van der Waals surface area contributed by atoms with Crippen molar-refractivity contribution in [3.8, 4) is 23.3 Å². The zero-order chi connectivity index (χ0) is 29.4. The fourth-order valence-electron chi connectivity index (χ4n) is 4.79. The molecule has 1 fully saturated rings. The van der Waals surface area contributed by atoms with Gasteiger partial charge in [-0.25, -0.2) is 4.79 Å². The number of aromatic nitrogens is 1. The number of aliphatic hydroxyl groups is 1. The van der Waals surface area contributed by atoms with Gasteiger partial charge in [0.1, 0.15) is 0 Å². The Morgan fingerprint density at radius 2 is 1.70 bits per heavy atom. The van der Waals surface area contributed by atoms with E-state index in [0.717, 1.165) is 35.2 Å². The Morgan fingerprint density at radius 3 is 2.30 bits per heavy atom. The zero-order valence-electron chi connectivity index (χ0n) is 22.9. The Kier molecular flexibility index (Phi) is 10.4. The summed E-state index contributed by atoms with van der Waals surface area (Å²) in [5.74, 6) is -1.39. The maximum atomic E-state index is 10.3. The molecule has 2 aliphatic rings. The van der Waals surface area contributed by atoms with Crippen molar-refractivity contribution in [2.45, 2.75) is 57.1 Å². The molecule has 4 rings (SSSR count). The van der Waals surface area contributed by atoms with E-state index in [4.69, 9.17) is 34.2 Å². The molecule has 3 N–H and O–H groups in total. The van der Waals surface area contributed by atoms with Crippen molar-refractivity contribution >= 4 is 23.4 Å². The minimum absolute atomic E-state index is 0.0885. The number of carbonyl (C=O) groups is 3. The molecule has 0 saturated heterocycles. The van der Waals surface area contributed by atoms with Crippen LogP contribution >= 0.6 is 0 Å². The molecular formula is C28H34N2O10. The Balaban J connectivity index is 0.000000378. The van der Waals surface area contributed by atoms with Crippen LogP contribution in [0.3, 0.4) is 0 Å². The van der Waals surface area contributed by atoms with Crippen molar-refractivity contribution in [3.63, 3.8) is 0 Å². The number of carboxylic acid groups (broad SMARTS) is 2. The molecule has 2 aromatic rings. The lowest BCUT2D eigenvalue weighted by Crippen LogP contribution is -2.34. The van der Waals surface area contributed by atoms with Crippen LogP contribution < -0.4 is 18.9 Å². The third-order valence-electron chi connectivity index (χ3n) is 6.67. The van der Waals surface area contributed by atoms with Crippen LogP contribution in [0.25, 0.3) is 0 Å². The van der Waals surface area contributed by atoms with E-state index in [2.05, 4.69) is 4.98 Å². The standard InChI is InChI=1S/C23H28N2O5.C5H6O5/c1-5-30-20-11-15-16-10-13(26)6-8-18(16)24-22(17(15)12-19(20)27-2)14-7-9-21(28-3)25-23(14)29-4;6-3(5(9)10)1-2-4(7)8/h7,9,11-13,16,18,26H,5-6,8,10H2,1-4H3;1-2H2,(H,7,8)(H,9,10)/t13-,16-,18-;/m1./s1. The van der Waals surface area contributed by atoms with Gasteiger partial charge in [0.15, 0.2) is 11.5 Å². The summed E-state index contributed by atoms with van der Waals surface area (Å²) < 4.78 is 22.2. The van der Waals surface area contributed by atoms with E-state index in [1.54, 1.807) is 21.3 Å². The summed E-state index contributed by atoms with van der Waals surface area (Å²) in [6, 6.07) is 7.84. The lowest BCUT2D eigenvalue weighted by Gasteiger charge is -2.37. The summed E-state index contributed by atoms with van der Waals surface area (Å²) in [5, 5.41) is 26.3. The maximum absolute atomic E-state index is 10.3. The molecule has 1 aliphatic carbocycles.